The van der Waals surface area contributed by atoms with Crippen LogP contribution in [0.25, 0.3) is 5.76 Å². The predicted molar refractivity (Wildman–Crippen MR) is 135 cm³/mol. The van der Waals surface area contributed by atoms with E-state index in [4.69, 9.17) is 14.2 Å². The van der Waals surface area contributed by atoms with Gasteiger partial charge in [-0.3, -0.25) is 14.5 Å². The minimum absolute atomic E-state index is 0.00863. The molecule has 3 aromatic rings. The van der Waals surface area contributed by atoms with Crippen molar-refractivity contribution in [2.75, 3.05) is 18.8 Å². The Balaban J connectivity index is 1.71. The third-order valence-electron chi connectivity index (χ3n) is 6.53. The first-order valence-electron chi connectivity index (χ1n) is 11.6. The van der Waals surface area contributed by atoms with E-state index in [0.717, 1.165) is 5.56 Å². The Morgan fingerprint density at radius 1 is 0.972 bits per heavy atom. The number of carbonyl (C=O) groups excluding carboxylic acids is 2. The second-order valence-electron chi connectivity index (χ2n) is 9.78. The smallest absolute Gasteiger partial charge is 0.300 e. The second-order valence-corrected chi connectivity index (χ2v) is 9.78. The van der Waals surface area contributed by atoms with E-state index < -0.39 is 17.7 Å². The lowest BCUT2D eigenvalue weighted by atomic mass is 9.85. The van der Waals surface area contributed by atoms with Gasteiger partial charge >= 0.3 is 0 Å². The van der Waals surface area contributed by atoms with Crippen LogP contribution in [-0.2, 0) is 15.0 Å². The maximum atomic E-state index is 13.4. The van der Waals surface area contributed by atoms with Gasteiger partial charge < -0.3 is 19.3 Å². The Bertz CT molecular complexity index is 1380. The molecule has 5 rings (SSSR count). The van der Waals surface area contributed by atoms with E-state index in [9.17, 15) is 14.7 Å². The minimum Gasteiger partial charge on any atom is -0.507 e. The molecule has 1 amide bonds. The summed E-state index contributed by atoms with van der Waals surface area (Å²) < 4.78 is 16.3. The Labute approximate surface area is 209 Å². The molecule has 1 atom stereocenters. The molecule has 0 radical (unpaired) electrons. The van der Waals surface area contributed by atoms with Crippen LogP contribution in [0, 0.1) is 0 Å². The van der Waals surface area contributed by atoms with Gasteiger partial charge in [-0.1, -0.05) is 57.2 Å². The number of benzene rings is 3. The van der Waals surface area contributed by atoms with E-state index in [2.05, 4.69) is 20.8 Å². The normalized spacial score (nSPS) is 18.6. The molecule has 2 aliphatic heterocycles. The van der Waals surface area contributed by atoms with Gasteiger partial charge in [-0.15, -0.1) is 0 Å². The molecular weight excluding hydrogens is 458 g/mol. The first-order chi connectivity index (χ1) is 17.2. The van der Waals surface area contributed by atoms with Crippen LogP contribution in [-0.4, -0.2) is 30.7 Å². The molecule has 1 unspecified atom stereocenters. The molecule has 2 aliphatic rings. The first-order valence-corrected chi connectivity index (χ1v) is 11.6. The van der Waals surface area contributed by atoms with Crippen LogP contribution < -0.4 is 19.1 Å². The molecule has 1 N–H and O–H groups in total. The summed E-state index contributed by atoms with van der Waals surface area (Å²) in [5, 5.41) is 11.4. The number of hydrogen-bond donors (Lipinski definition) is 1. The fourth-order valence-corrected chi connectivity index (χ4v) is 4.60. The largest absolute Gasteiger partial charge is 0.507 e. The van der Waals surface area contributed by atoms with Crippen molar-refractivity contribution < 1.29 is 28.9 Å². The molecule has 36 heavy (non-hydrogen) atoms. The number of ether oxygens (including phenoxy) is 3. The van der Waals surface area contributed by atoms with E-state index in [1.807, 2.05) is 24.3 Å². The maximum Gasteiger partial charge on any atom is 0.300 e. The van der Waals surface area contributed by atoms with Crippen LogP contribution in [0.4, 0.5) is 5.69 Å². The number of para-hydroxylation sites is 1. The third-order valence-corrected chi connectivity index (χ3v) is 6.53. The lowest BCUT2D eigenvalue weighted by Gasteiger charge is -2.27. The number of anilines is 1. The Morgan fingerprint density at radius 3 is 2.36 bits per heavy atom. The van der Waals surface area contributed by atoms with E-state index in [0.29, 0.717) is 34.1 Å². The third kappa shape index (κ3) is 3.86. The van der Waals surface area contributed by atoms with E-state index in [1.165, 1.54) is 12.0 Å². The summed E-state index contributed by atoms with van der Waals surface area (Å²) >= 11 is 0. The number of hydrogen-bond acceptors (Lipinski definition) is 6. The topological polar surface area (TPSA) is 85.3 Å². The highest BCUT2D eigenvalue weighted by molar-refractivity contribution is 6.51. The molecule has 0 spiro atoms. The Kier molecular flexibility index (Phi) is 5.71. The van der Waals surface area contributed by atoms with Gasteiger partial charge in [0.2, 0.25) is 6.79 Å². The molecule has 0 aliphatic carbocycles. The summed E-state index contributed by atoms with van der Waals surface area (Å²) in [6, 6.07) is 18.8. The lowest BCUT2D eigenvalue weighted by Crippen LogP contribution is -2.29. The van der Waals surface area contributed by atoms with Crippen LogP contribution in [0.15, 0.2) is 72.3 Å². The summed E-state index contributed by atoms with van der Waals surface area (Å²) in [5.41, 5.74) is 2.51. The molecule has 184 valence electrons. The molecule has 1 saturated heterocycles. The SMILES string of the molecule is COc1ccccc1/C(O)=C1\C(=O)C(=O)N(c2ccc3c(c2)OCO3)C1c1ccc(C(C)(C)C)cc1. The molecule has 1 fully saturated rings. The summed E-state index contributed by atoms with van der Waals surface area (Å²) in [5.74, 6) is -0.363. The van der Waals surface area contributed by atoms with Crippen molar-refractivity contribution in [1.82, 2.24) is 0 Å². The van der Waals surface area contributed by atoms with E-state index >= 15 is 0 Å². The number of Topliss-reactive ketones (excluding diaryl/α,β-unsaturated/α-hetero) is 1. The zero-order chi connectivity index (χ0) is 25.6. The van der Waals surface area contributed by atoms with Crippen LogP contribution in [0.1, 0.15) is 43.5 Å². The summed E-state index contributed by atoms with van der Waals surface area (Å²) in [6.07, 6.45) is 0. The quantitative estimate of drug-likeness (QED) is 0.305. The average molecular weight is 486 g/mol. The fourth-order valence-electron chi connectivity index (χ4n) is 4.60. The van der Waals surface area contributed by atoms with Gasteiger partial charge in [0.1, 0.15) is 11.5 Å². The number of fused-ring (bicyclic) bond motifs is 1. The van der Waals surface area contributed by atoms with Crippen LogP contribution in [0.2, 0.25) is 0 Å². The Morgan fingerprint density at radius 2 is 1.67 bits per heavy atom. The van der Waals surface area contributed by atoms with Crippen molar-refractivity contribution in [2.24, 2.45) is 0 Å². The molecular formula is C29H27NO6. The van der Waals surface area contributed by atoms with Crippen molar-refractivity contribution in [3.05, 3.63) is 89.0 Å². The van der Waals surface area contributed by atoms with Gasteiger partial charge in [0, 0.05) is 11.8 Å². The van der Waals surface area contributed by atoms with Crippen LogP contribution in [0.5, 0.6) is 17.2 Å². The molecule has 0 bridgehead atoms. The van der Waals surface area contributed by atoms with Crippen LogP contribution in [0.3, 0.4) is 0 Å². The zero-order valence-electron chi connectivity index (χ0n) is 20.6. The van der Waals surface area contributed by atoms with E-state index in [-0.39, 0.29) is 23.5 Å². The Hall–Kier alpha value is -4.26. The first kappa shape index (κ1) is 23.5. The maximum absolute atomic E-state index is 13.4. The number of aliphatic hydroxyl groups is 1. The summed E-state index contributed by atoms with van der Waals surface area (Å²) in [4.78, 5) is 28.3. The molecule has 7 heteroatoms. The summed E-state index contributed by atoms with van der Waals surface area (Å²) in [6.45, 7) is 6.43. The van der Waals surface area contributed by atoms with Crippen molar-refractivity contribution >= 4 is 23.1 Å². The van der Waals surface area contributed by atoms with Crippen molar-refractivity contribution in [1.29, 1.82) is 0 Å². The lowest BCUT2D eigenvalue weighted by molar-refractivity contribution is -0.132. The number of amides is 1. The molecule has 3 aromatic carbocycles. The fraction of sp³-hybridized carbons (Fsp3) is 0.241. The summed E-state index contributed by atoms with van der Waals surface area (Å²) in [7, 11) is 1.49. The molecule has 0 aromatic heterocycles. The zero-order valence-corrected chi connectivity index (χ0v) is 20.6. The van der Waals surface area contributed by atoms with Gasteiger partial charge in [-0.05, 0) is 40.8 Å². The number of aliphatic hydroxyl groups excluding tert-OH is 1. The van der Waals surface area contributed by atoms with Crippen molar-refractivity contribution in [3.63, 3.8) is 0 Å². The van der Waals surface area contributed by atoms with Gasteiger partial charge in [-0.2, -0.15) is 0 Å². The molecule has 0 saturated carbocycles. The number of ketones is 1. The highest BCUT2D eigenvalue weighted by Gasteiger charge is 2.47. The number of rotatable bonds is 4. The molecule has 7 nitrogen and oxygen atoms in total. The standard InChI is InChI=1S/C29H27NO6/c1-29(2,3)18-11-9-17(10-12-18)25-24(26(31)20-7-5-6-8-21(20)34-4)27(32)28(33)30(25)19-13-14-22-23(15-19)36-16-35-22/h5-15,25,31H,16H2,1-4H3/b26-24+. The highest BCUT2D eigenvalue weighted by Crippen LogP contribution is 2.45. The van der Waals surface area contributed by atoms with Gasteiger partial charge in [0.15, 0.2) is 11.5 Å². The minimum atomic E-state index is -0.857. The van der Waals surface area contributed by atoms with Gasteiger partial charge in [0.05, 0.1) is 24.3 Å². The van der Waals surface area contributed by atoms with Crippen LogP contribution >= 0.6 is 0 Å². The second kappa shape index (κ2) is 8.75. The van der Waals surface area contributed by atoms with Gasteiger partial charge in [-0.25, -0.2) is 0 Å². The van der Waals surface area contributed by atoms with Crippen molar-refractivity contribution in [3.8, 4) is 17.2 Å². The van der Waals surface area contributed by atoms with Crippen molar-refractivity contribution in [2.45, 2.75) is 32.2 Å². The molecule has 2 heterocycles. The highest BCUT2D eigenvalue weighted by atomic mass is 16.7. The van der Waals surface area contributed by atoms with Gasteiger partial charge in [0.25, 0.3) is 11.7 Å². The predicted octanol–water partition coefficient (Wildman–Crippen LogP) is 5.35. The monoisotopic (exact) mass is 485 g/mol. The number of methoxy groups -OCH3 is 1. The average Bonchev–Trinajstić information content (AvgIpc) is 3.45. The van der Waals surface area contributed by atoms with E-state index in [1.54, 1.807) is 42.5 Å². The number of carbonyl (C=O) groups is 2. The number of nitrogens with zero attached hydrogens (tertiary/aromatic N) is 1.